The first-order valence-corrected chi connectivity index (χ1v) is 9.58. The van der Waals surface area contributed by atoms with Crippen LogP contribution in [0.25, 0.3) is 16.6 Å². The summed E-state index contributed by atoms with van der Waals surface area (Å²) in [5.41, 5.74) is 0.667. The number of hydrogen-bond acceptors (Lipinski definition) is 4. The lowest BCUT2D eigenvalue weighted by Crippen LogP contribution is -2.38. The molecule has 0 saturated heterocycles. The van der Waals surface area contributed by atoms with Crippen LogP contribution in [0.15, 0.2) is 47.3 Å². The molecule has 1 atom stereocenters. The minimum absolute atomic E-state index is 0.0407. The Morgan fingerprint density at radius 1 is 1.15 bits per heavy atom. The Balaban J connectivity index is 1.86. The van der Waals surface area contributed by atoms with Crippen molar-refractivity contribution in [2.45, 2.75) is 37.7 Å². The summed E-state index contributed by atoms with van der Waals surface area (Å²) < 4.78 is 7.01. The van der Waals surface area contributed by atoms with Crippen molar-refractivity contribution in [2.75, 3.05) is 7.11 Å². The van der Waals surface area contributed by atoms with Crippen molar-refractivity contribution in [3.8, 4) is 11.4 Å². The second kappa shape index (κ2) is 5.92. The molecule has 2 aromatic carbocycles. The highest BCUT2D eigenvalue weighted by atomic mass is 16.5. The van der Waals surface area contributed by atoms with E-state index in [0.717, 1.165) is 31.2 Å². The van der Waals surface area contributed by atoms with E-state index in [1.54, 1.807) is 17.7 Å². The van der Waals surface area contributed by atoms with Gasteiger partial charge in [0.05, 0.1) is 23.7 Å². The molecule has 5 heteroatoms. The molecule has 3 aromatic rings. The van der Waals surface area contributed by atoms with E-state index in [9.17, 15) is 9.90 Å². The number of aromatic nitrogens is 2. The highest BCUT2D eigenvalue weighted by molar-refractivity contribution is 5.79. The van der Waals surface area contributed by atoms with Crippen LogP contribution in [0.4, 0.5) is 0 Å². The van der Waals surface area contributed by atoms with E-state index in [4.69, 9.17) is 9.72 Å². The summed E-state index contributed by atoms with van der Waals surface area (Å²) in [6.07, 6.45) is 5.22. The minimum atomic E-state index is -1.27. The topological polar surface area (TPSA) is 64.3 Å². The summed E-state index contributed by atoms with van der Waals surface area (Å²) in [6.45, 7) is 0. The lowest BCUT2D eigenvalue weighted by atomic mass is 9.73. The molecule has 1 aliphatic carbocycles. The number of aliphatic hydroxyl groups is 1. The Bertz CT molecular complexity index is 1100. The summed E-state index contributed by atoms with van der Waals surface area (Å²) >= 11 is 0. The number of methoxy groups -OCH3 is 1. The Morgan fingerprint density at radius 2 is 1.93 bits per heavy atom. The molecule has 1 aromatic heterocycles. The van der Waals surface area contributed by atoms with E-state index in [1.165, 1.54) is 6.42 Å². The summed E-state index contributed by atoms with van der Waals surface area (Å²) in [6, 6.07) is 12.9. The zero-order valence-electron chi connectivity index (χ0n) is 15.3. The maximum Gasteiger partial charge on any atom is 0.266 e. The molecular formula is C22H22N2O3. The van der Waals surface area contributed by atoms with Gasteiger partial charge in [0.15, 0.2) is 11.4 Å². The van der Waals surface area contributed by atoms with Gasteiger partial charge in [-0.05, 0) is 49.1 Å². The number of para-hydroxylation sites is 1. The van der Waals surface area contributed by atoms with Crippen LogP contribution in [0.5, 0.6) is 5.75 Å². The third kappa shape index (κ3) is 2.21. The van der Waals surface area contributed by atoms with E-state index in [1.807, 2.05) is 36.4 Å². The van der Waals surface area contributed by atoms with Crippen LogP contribution in [-0.4, -0.2) is 21.8 Å². The zero-order valence-corrected chi connectivity index (χ0v) is 15.3. The van der Waals surface area contributed by atoms with Crippen molar-refractivity contribution in [3.05, 3.63) is 64.2 Å². The minimum Gasteiger partial charge on any atom is -0.497 e. The van der Waals surface area contributed by atoms with Gasteiger partial charge in [0.1, 0.15) is 5.75 Å². The number of nitrogens with zero attached hydrogens (tertiary/aromatic N) is 2. The van der Waals surface area contributed by atoms with Crippen molar-refractivity contribution in [2.24, 2.45) is 5.92 Å². The Labute approximate surface area is 157 Å². The van der Waals surface area contributed by atoms with Crippen molar-refractivity contribution < 1.29 is 9.84 Å². The molecule has 5 nitrogen and oxygen atoms in total. The summed E-state index contributed by atoms with van der Waals surface area (Å²) in [5.74, 6) is 1.16. The number of benzene rings is 2. The van der Waals surface area contributed by atoms with Gasteiger partial charge in [-0.1, -0.05) is 31.4 Å². The van der Waals surface area contributed by atoms with Gasteiger partial charge < -0.3 is 9.84 Å². The van der Waals surface area contributed by atoms with Crippen molar-refractivity contribution in [1.82, 2.24) is 9.55 Å². The Kier molecular flexibility index (Phi) is 3.62. The zero-order chi connectivity index (χ0) is 18.6. The lowest BCUT2D eigenvalue weighted by Gasteiger charge is -2.35. The van der Waals surface area contributed by atoms with E-state index in [-0.39, 0.29) is 11.5 Å². The molecule has 1 fully saturated rings. The molecule has 2 heterocycles. The molecule has 1 aliphatic heterocycles. The van der Waals surface area contributed by atoms with Crippen LogP contribution in [0.3, 0.4) is 0 Å². The van der Waals surface area contributed by atoms with Gasteiger partial charge in [-0.15, -0.1) is 0 Å². The smallest absolute Gasteiger partial charge is 0.266 e. The normalized spacial score (nSPS) is 21.9. The molecule has 1 saturated carbocycles. The standard InChI is InChI=1S/C22H22N2O3/c1-27-15-11-12-19-17(13-15)22(26,14-7-3-2-4-8-14)21-23-18-10-6-5-9-16(18)20(25)24(19)21/h5-6,9-14,26H,2-4,7-8H2,1H3. The molecule has 138 valence electrons. The van der Waals surface area contributed by atoms with Crippen LogP contribution in [-0.2, 0) is 5.60 Å². The average molecular weight is 362 g/mol. The van der Waals surface area contributed by atoms with Crippen LogP contribution >= 0.6 is 0 Å². The number of ether oxygens (including phenoxy) is 1. The molecule has 5 rings (SSSR count). The largest absolute Gasteiger partial charge is 0.497 e. The molecule has 27 heavy (non-hydrogen) atoms. The van der Waals surface area contributed by atoms with E-state index < -0.39 is 5.60 Å². The maximum atomic E-state index is 13.3. The van der Waals surface area contributed by atoms with E-state index in [0.29, 0.717) is 28.2 Å². The molecular weight excluding hydrogens is 340 g/mol. The second-order valence-electron chi connectivity index (χ2n) is 7.58. The first-order chi connectivity index (χ1) is 13.1. The number of fused-ring (bicyclic) bond motifs is 4. The van der Waals surface area contributed by atoms with Gasteiger partial charge in [0, 0.05) is 5.56 Å². The average Bonchev–Trinajstić information content (AvgIpc) is 2.98. The molecule has 0 radical (unpaired) electrons. The van der Waals surface area contributed by atoms with Crippen LogP contribution < -0.4 is 10.3 Å². The van der Waals surface area contributed by atoms with Gasteiger partial charge in [0.25, 0.3) is 5.56 Å². The van der Waals surface area contributed by atoms with Gasteiger partial charge >= 0.3 is 0 Å². The highest BCUT2D eigenvalue weighted by Gasteiger charge is 2.50. The third-order valence-corrected chi connectivity index (χ3v) is 6.17. The highest BCUT2D eigenvalue weighted by Crippen LogP contribution is 2.49. The summed E-state index contributed by atoms with van der Waals surface area (Å²) in [4.78, 5) is 18.1. The van der Waals surface area contributed by atoms with Crippen molar-refractivity contribution >= 4 is 10.9 Å². The molecule has 0 amide bonds. The van der Waals surface area contributed by atoms with Gasteiger partial charge in [-0.25, -0.2) is 4.98 Å². The van der Waals surface area contributed by atoms with Crippen molar-refractivity contribution in [3.63, 3.8) is 0 Å². The fraction of sp³-hybridized carbons (Fsp3) is 0.364. The van der Waals surface area contributed by atoms with Gasteiger partial charge in [-0.2, -0.15) is 0 Å². The summed E-state index contributed by atoms with van der Waals surface area (Å²) in [5, 5.41) is 12.6. The van der Waals surface area contributed by atoms with Gasteiger partial charge in [-0.3, -0.25) is 9.36 Å². The molecule has 1 unspecified atom stereocenters. The second-order valence-corrected chi connectivity index (χ2v) is 7.58. The van der Waals surface area contributed by atoms with E-state index in [2.05, 4.69) is 0 Å². The molecule has 2 aliphatic rings. The number of hydrogen-bond donors (Lipinski definition) is 1. The van der Waals surface area contributed by atoms with E-state index >= 15 is 0 Å². The third-order valence-electron chi connectivity index (χ3n) is 6.17. The lowest BCUT2D eigenvalue weighted by molar-refractivity contribution is -0.00367. The monoisotopic (exact) mass is 362 g/mol. The first kappa shape index (κ1) is 16.5. The molecule has 0 bridgehead atoms. The van der Waals surface area contributed by atoms with Gasteiger partial charge in [0.2, 0.25) is 0 Å². The van der Waals surface area contributed by atoms with Crippen LogP contribution in [0.2, 0.25) is 0 Å². The SMILES string of the molecule is COc1ccc2c(c1)C(O)(C1CCCCC1)c1nc3ccccc3c(=O)n1-2. The fourth-order valence-electron chi connectivity index (χ4n) is 4.80. The molecule has 1 N–H and O–H groups in total. The van der Waals surface area contributed by atoms with Crippen LogP contribution in [0, 0.1) is 5.92 Å². The van der Waals surface area contributed by atoms with Crippen molar-refractivity contribution in [1.29, 1.82) is 0 Å². The Morgan fingerprint density at radius 3 is 2.70 bits per heavy atom. The predicted molar refractivity (Wildman–Crippen MR) is 103 cm³/mol. The molecule has 0 spiro atoms. The summed E-state index contributed by atoms with van der Waals surface area (Å²) in [7, 11) is 1.61. The number of rotatable bonds is 2. The quantitative estimate of drug-likeness (QED) is 0.757. The Hall–Kier alpha value is -2.66. The predicted octanol–water partition coefficient (Wildman–Crippen LogP) is 3.52. The first-order valence-electron chi connectivity index (χ1n) is 9.58. The van der Waals surface area contributed by atoms with Crippen LogP contribution in [0.1, 0.15) is 43.5 Å². The fourth-order valence-corrected chi connectivity index (χ4v) is 4.80. The maximum absolute atomic E-state index is 13.3.